The van der Waals surface area contributed by atoms with E-state index in [0.717, 1.165) is 5.56 Å². The number of anilines is 2. The van der Waals surface area contributed by atoms with Gasteiger partial charge in [0.15, 0.2) is 11.6 Å². The van der Waals surface area contributed by atoms with Crippen molar-refractivity contribution in [2.45, 2.75) is 6.54 Å². The van der Waals surface area contributed by atoms with Crippen molar-refractivity contribution in [3.63, 3.8) is 0 Å². The second-order valence-electron chi connectivity index (χ2n) is 7.13. The third kappa shape index (κ3) is 4.58. The number of hydrazone groups is 1. The van der Waals surface area contributed by atoms with E-state index in [1.54, 1.807) is 30.3 Å². The highest BCUT2D eigenvalue weighted by Gasteiger charge is 2.13. The smallest absolute Gasteiger partial charge is 0.335 e. The number of benzene rings is 2. The van der Waals surface area contributed by atoms with E-state index in [9.17, 15) is 9.90 Å². The number of fused-ring (bicyclic) bond motifs is 1. The Morgan fingerprint density at radius 1 is 0.971 bits per heavy atom. The largest absolute Gasteiger partial charge is 0.478 e. The number of aromatic nitrogens is 4. The Kier molecular flexibility index (Phi) is 5.64. The van der Waals surface area contributed by atoms with E-state index in [1.807, 2.05) is 30.3 Å². The first-order valence-corrected chi connectivity index (χ1v) is 10.2. The highest BCUT2D eigenvalue weighted by molar-refractivity contribution is 5.89. The first kappa shape index (κ1) is 20.8. The fourth-order valence-corrected chi connectivity index (χ4v) is 3.16. The lowest BCUT2D eigenvalue weighted by atomic mass is 10.1. The molecule has 2 aromatic carbocycles. The maximum Gasteiger partial charge on any atom is 0.335 e. The maximum absolute atomic E-state index is 11.2. The molecule has 5 rings (SSSR count). The lowest BCUT2D eigenvalue weighted by Crippen LogP contribution is -2.06. The predicted molar refractivity (Wildman–Crippen MR) is 123 cm³/mol. The first-order chi connectivity index (χ1) is 16.7. The molecule has 11 heteroatoms. The predicted octanol–water partition coefficient (Wildman–Crippen LogP) is 4.03. The van der Waals surface area contributed by atoms with Gasteiger partial charge in [0.2, 0.25) is 11.3 Å². The maximum atomic E-state index is 11.2. The van der Waals surface area contributed by atoms with Gasteiger partial charge in [0.1, 0.15) is 11.5 Å². The van der Waals surface area contributed by atoms with Crippen molar-refractivity contribution >= 4 is 35.1 Å². The van der Waals surface area contributed by atoms with Crippen LogP contribution in [-0.4, -0.2) is 37.6 Å². The van der Waals surface area contributed by atoms with Crippen LogP contribution in [0.4, 0.5) is 11.6 Å². The fourth-order valence-electron chi connectivity index (χ4n) is 3.16. The molecule has 3 N–H and O–H groups in total. The molecule has 0 aliphatic carbocycles. The first-order valence-electron chi connectivity index (χ1n) is 10.2. The minimum Gasteiger partial charge on any atom is -0.478 e. The van der Waals surface area contributed by atoms with E-state index < -0.39 is 5.97 Å². The molecule has 0 radical (unpaired) electrons. The summed E-state index contributed by atoms with van der Waals surface area (Å²) in [5, 5.41) is 24.0. The van der Waals surface area contributed by atoms with Gasteiger partial charge in [-0.3, -0.25) is 5.43 Å². The minimum atomic E-state index is -1.00. The van der Waals surface area contributed by atoms with E-state index in [0.29, 0.717) is 35.3 Å². The molecular weight excluding hydrogens is 438 g/mol. The number of hydrogen-bond donors (Lipinski definition) is 3. The van der Waals surface area contributed by atoms with E-state index in [4.69, 9.17) is 9.05 Å². The van der Waals surface area contributed by atoms with Gasteiger partial charge in [0.25, 0.3) is 0 Å². The molecular formula is C23H17N7O4. The van der Waals surface area contributed by atoms with Crippen LogP contribution in [0, 0.1) is 0 Å². The summed E-state index contributed by atoms with van der Waals surface area (Å²) in [4.78, 5) is 19.9. The summed E-state index contributed by atoms with van der Waals surface area (Å²) in [6.45, 7) is 0.516. The van der Waals surface area contributed by atoms with Crippen LogP contribution in [0.15, 0.2) is 80.9 Å². The fraction of sp³-hybridized carbons (Fsp3) is 0.0435. The molecule has 0 fully saturated rings. The summed E-state index contributed by atoms with van der Waals surface area (Å²) < 4.78 is 10.5. The molecule has 3 aromatic heterocycles. The monoisotopic (exact) mass is 455 g/mol. The van der Waals surface area contributed by atoms with Crippen LogP contribution in [0.25, 0.3) is 22.6 Å². The number of carboxylic acid groups (broad SMARTS) is 1. The molecule has 11 nitrogen and oxygen atoms in total. The molecule has 3 heterocycles. The second kappa shape index (κ2) is 9.20. The minimum absolute atomic E-state index is 0.178. The van der Waals surface area contributed by atoms with Crippen molar-refractivity contribution in [2.24, 2.45) is 5.10 Å². The molecule has 0 atom stereocenters. The van der Waals surface area contributed by atoms with E-state index in [2.05, 4.69) is 36.1 Å². The Morgan fingerprint density at radius 3 is 2.56 bits per heavy atom. The Morgan fingerprint density at radius 2 is 1.76 bits per heavy atom. The molecule has 0 unspecified atom stereocenters. The van der Waals surface area contributed by atoms with Gasteiger partial charge in [-0.2, -0.15) is 10.1 Å². The van der Waals surface area contributed by atoms with Gasteiger partial charge in [-0.25, -0.2) is 14.4 Å². The summed E-state index contributed by atoms with van der Waals surface area (Å²) in [5.41, 5.74) is 5.23. The van der Waals surface area contributed by atoms with Crippen molar-refractivity contribution in [1.29, 1.82) is 0 Å². The lowest BCUT2D eigenvalue weighted by Gasteiger charge is -2.09. The van der Waals surface area contributed by atoms with Crippen LogP contribution in [0.3, 0.4) is 0 Å². The molecule has 5 aromatic rings. The number of hydrogen-bond acceptors (Lipinski definition) is 10. The molecule has 0 aliphatic heterocycles. The molecule has 0 spiro atoms. The molecule has 34 heavy (non-hydrogen) atoms. The van der Waals surface area contributed by atoms with Crippen molar-refractivity contribution in [1.82, 2.24) is 20.3 Å². The zero-order valence-electron chi connectivity index (χ0n) is 17.5. The number of furan rings is 1. The highest BCUT2D eigenvalue weighted by Crippen LogP contribution is 2.23. The molecule has 0 amide bonds. The average molecular weight is 455 g/mol. The zero-order chi connectivity index (χ0) is 23.3. The van der Waals surface area contributed by atoms with E-state index in [-0.39, 0.29) is 16.9 Å². The second-order valence-corrected chi connectivity index (χ2v) is 7.13. The Labute approximate surface area is 192 Å². The summed E-state index contributed by atoms with van der Waals surface area (Å²) in [5.74, 6) is 0.728. The third-order valence-corrected chi connectivity index (χ3v) is 4.80. The molecule has 0 saturated carbocycles. The lowest BCUT2D eigenvalue weighted by molar-refractivity contribution is 0.0697. The number of nitrogens with one attached hydrogen (secondary N) is 2. The highest BCUT2D eigenvalue weighted by atomic mass is 16.6. The van der Waals surface area contributed by atoms with Crippen LogP contribution < -0.4 is 10.7 Å². The van der Waals surface area contributed by atoms with Crippen LogP contribution >= 0.6 is 0 Å². The Bertz CT molecular complexity index is 1480. The average Bonchev–Trinajstić information content (AvgIpc) is 3.52. The molecule has 0 saturated heterocycles. The van der Waals surface area contributed by atoms with Gasteiger partial charge in [-0.15, -0.1) is 0 Å². The number of nitrogens with zero attached hydrogens (tertiary/aromatic N) is 5. The zero-order valence-corrected chi connectivity index (χ0v) is 17.5. The molecule has 168 valence electrons. The van der Waals surface area contributed by atoms with Crippen LogP contribution in [0.5, 0.6) is 0 Å². The number of rotatable bonds is 8. The SMILES string of the molecule is O=C(O)c1cccc(-c2ccc(C=NNc3nc4nonc4nc3NCc3ccccc3)o2)c1. The van der Waals surface area contributed by atoms with Crippen LogP contribution in [0.1, 0.15) is 21.7 Å². The van der Waals surface area contributed by atoms with Gasteiger partial charge >= 0.3 is 5.97 Å². The van der Waals surface area contributed by atoms with Gasteiger partial charge in [-0.05, 0) is 40.1 Å². The quantitative estimate of drug-likeness (QED) is 0.231. The normalized spacial score (nSPS) is 11.2. The summed E-state index contributed by atoms with van der Waals surface area (Å²) >= 11 is 0. The molecule has 0 bridgehead atoms. The Hall–Kier alpha value is -5.06. The van der Waals surface area contributed by atoms with Gasteiger partial charge < -0.3 is 14.8 Å². The number of aromatic carboxylic acids is 1. The summed E-state index contributed by atoms with van der Waals surface area (Å²) in [6.07, 6.45) is 1.47. The van der Waals surface area contributed by atoms with E-state index in [1.165, 1.54) is 12.3 Å². The molecule has 0 aliphatic rings. The van der Waals surface area contributed by atoms with Crippen LogP contribution in [-0.2, 0) is 6.54 Å². The van der Waals surface area contributed by atoms with Gasteiger partial charge in [0, 0.05) is 12.1 Å². The van der Waals surface area contributed by atoms with Crippen molar-refractivity contribution in [3.05, 3.63) is 83.6 Å². The third-order valence-electron chi connectivity index (χ3n) is 4.80. The van der Waals surface area contributed by atoms with Gasteiger partial charge in [0.05, 0.1) is 11.8 Å². The standard InChI is InChI=1S/C23H17N7O4/c31-23(32)16-8-4-7-15(11-16)18-10-9-17(33-18)13-25-28-20-19(24-12-14-5-2-1-3-6-14)26-21-22(27-20)30-34-29-21/h1-11,13H,12H2,(H,31,32)(H,24,26,29)(H,27,28,30). The van der Waals surface area contributed by atoms with Crippen molar-refractivity contribution < 1.29 is 18.9 Å². The summed E-state index contributed by atoms with van der Waals surface area (Å²) in [7, 11) is 0. The van der Waals surface area contributed by atoms with Gasteiger partial charge in [-0.1, -0.05) is 42.5 Å². The summed E-state index contributed by atoms with van der Waals surface area (Å²) in [6, 6.07) is 19.8. The van der Waals surface area contributed by atoms with Crippen molar-refractivity contribution in [3.8, 4) is 11.3 Å². The topological polar surface area (TPSA) is 152 Å². The Balaban J connectivity index is 1.33. The number of carboxylic acids is 1. The van der Waals surface area contributed by atoms with Crippen molar-refractivity contribution in [2.75, 3.05) is 10.7 Å². The number of carbonyl (C=O) groups is 1. The van der Waals surface area contributed by atoms with Crippen LogP contribution in [0.2, 0.25) is 0 Å². The van der Waals surface area contributed by atoms with E-state index >= 15 is 0 Å².